The fourth-order valence-electron chi connectivity index (χ4n) is 1.46. The van der Waals surface area contributed by atoms with Crippen LogP contribution in [0.3, 0.4) is 0 Å². The van der Waals surface area contributed by atoms with Gasteiger partial charge in [-0.15, -0.1) is 0 Å². The van der Waals surface area contributed by atoms with Gasteiger partial charge in [-0.2, -0.15) is 0 Å². The number of carbonyl (C=O) groups is 2. The zero-order chi connectivity index (χ0) is 15.6. The van der Waals surface area contributed by atoms with Crippen LogP contribution in [-0.4, -0.2) is 28.2 Å². The van der Waals surface area contributed by atoms with Crippen LogP contribution in [0, 0.1) is 0 Å². The van der Waals surface area contributed by atoms with Crippen molar-refractivity contribution in [1.82, 2.24) is 4.90 Å². The standard InChI is InChI=1S/C15H23NO4/c1-14(2,3)19-12(17)11-8-7-9-16(10-11)13(18)20-15(4,5)6/h7,9-10H,8H2,1-6H3. The van der Waals surface area contributed by atoms with Gasteiger partial charge >= 0.3 is 12.1 Å². The Bertz CT molecular complexity index is 449. The van der Waals surface area contributed by atoms with Gasteiger partial charge in [0, 0.05) is 18.8 Å². The second-order valence-corrected chi connectivity index (χ2v) is 6.63. The molecule has 0 radical (unpaired) electrons. The van der Waals surface area contributed by atoms with E-state index in [1.807, 2.05) is 0 Å². The van der Waals surface area contributed by atoms with Gasteiger partial charge in [0.05, 0.1) is 5.57 Å². The molecule has 0 N–H and O–H groups in total. The summed E-state index contributed by atoms with van der Waals surface area (Å²) in [6.07, 6.45) is 4.69. The minimum Gasteiger partial charge on any atom is -0.457 e. The Balaban J connectivity index is 2.77. The van der Waals surface area contributed by atoms with Gasteiger partial charge in [-0.05, 0) is 41.5 Å². The van der Waals surface area contributed by atoms with Crippen LogP contribution < -0.4 is 0 Å². The minimum absolute atomic E-state index is 0.421. The molecule has 0 saturated heterocycles. The van der Waals surface area contributed by atoms with E-state index >= 15 is 0 Å². The summed E-state index contributed by atoms with van der Waals surface area (Å²) in [5.41, 5.74) is -0.716. The number of hydrogen-bond donors (Lipinski definition) is 0. The molecule has 1 aliphatic rings. The predicted molar refractivity (Wildman–Crippen MR) is 75.8 cm³/mol. The third-order valence-corrected chi connectivity index (χ3v) is 2.16. The number of rotatable bonds is 1. The normalized spacial score (nSPS) is 15.7. The molecule has 0 saturated carbocycles. The average molecular weight is 281 g/mol. The van der Waals surface area contributed by atoms with E-state index in [1.165, 1.54) is 11.1 Å². The van der Waals surface area contributed by atoms with Crippen LogP contribution in [0.5, 0.6) is 0 Å². The zero-order valence-electron chi connectivity index (χ0n) is 13.0. The van der Waals surface area contributed by atoms with Gasteiger partial charge in [-0.25, -0.2) is 9.59 Å². The van der Waals surface area contributed by atoms with Crippen LogP contribution in [0.15, 0.2) is 24.0 Å². The maximum Gasteiger partial charge on any atom is 0.418 e. The lowest BCUT2D eigenvalue weighted by Crippen LogP contribution is -2.32. The van der Waals surface area contributed by atoms with Crippen molar-refractivity contribution in [2.24, 2.45) is 0 Å². The first-order chi connectivity index (χ1) is 8.98. The van der Waals surface area contributed by atoms with Gasteiger partial charge in [0.15, 0.2) is 0 Å². The van der Waals surface area contributed by atoms with E-state index < -0.39 is 23.3 Å². The fourth-order valence-corrected chi connectivity index (χ4v) is 1.46. The van der Waals surface area contributed by atoms with Crippen molar-refractivity contribution >= 4 is 12.1 Å². The number of allylic oxidation sites excluding steroid dienone is 1. The Morgan fingerprint density at radius 3 is 2.10 bits per heavy atom. The van der Waals surface area contributed by atoms with E-state index in [9.17, 15) is 9.59 Å². The highest BCUT2D eigenvalue weighted by Crippen LogP contribution is 2.19. The molecule has 0 fully saturated rings. The summed E-state index contributed by atoms with van der Waals surface area (Å²) in [7, 11) is 0. The van der Waals surface area contributed by atoms with Gasteiger partial charge in [-0.3, -0.25) is 4.90 Å². The second-order valence-electron chi connectivity index (χ2n) is 6.63. The van der Waals surface area contributed by atoms with Crippen molar-refractivity contribution in [2.75, 3.05) is 0 Å². The molecule has 0 aromatic heterocycles. The lowest BCUT2D eigenvalue weighted by Gasteiger charge is -2.26. The molecular weight excluding hydrogens is 258 g/mol. The molecule has 0 aromatic rings. The molecular formula is C15H23NO4. The second kappa shape index (κ2) is 5.69. The fraction of sp³-hybridized carbons (Fsp3) is 0.600. The van der Waals surface area contributed by atoms with E-state index in [-0.39, 0.29) is 0 Å². The molecule has 0 unspecified atom stereocenters. The highest BCUT2D eigenvalue weighted by atomic mass is 16.6. The summed E-state index contributed by atoms with van der Waals surface area (Å²) in [6.45, 7) is 10.8. The summed E-state index contributed by atoms with van der Waals surface area (Å²) in [4.78, 5) is 25.1. The Kier molecular flexibility index (Phi) is 4.63. The number of hydrogen-bond acceptors (Lipinski definition) is 4. The number of amides is 1. The first-order valence-corrected chi connectivity index (χ1v) is 6.60. The van der Waals surface area contributed by atoms with E-state index in [4.69, 9.17) is 9.47 Å². The number of carbonyl (C=O) groups excluding carboxylic acids is 2. The van der Waals surface area contributed by atoms with E-state index in [0.29, 0.717) is 12.0 Å². The van der Waals surface area contributed by atoms with E-state index in [2.05, 4.69) is 0 Å². The molecule has 0 aromatic carbocycles. The van der Waals surface area contributed by atoms with Gasteiger partial charge < -0.3 is 9.47 Å². The lowest BCUT2D eigenvalue weighted by atomic mass is 10.1. The molecule has 0 spiro atoms. The van der Waals surface area contributed by atoms with Crippen molar-refractivity contribution in [3.05, 3.63) is 24.0 Å². The first kappa shape index (κ1) is 16.3. The van der Waals surface area contributed by atoms with Gasteiger partial charge in [-0.1, -0.05) is 6.08 Å². The topological polar surface area (TPSA) is 55.8 Å². The molecule has 1 amide bonds. The largest absolute Gasteiger partial charge is 0.457 e. The number of esters is 1. The van der Waals surface area contributed by atoms with Crippen LogP contribution in [0.1, 0.15) is 48.0 Å². The zero-order valence-corrected chi connectivity index (χ0v) is 13.0. The molecule has 1 rings (SSSR count). The number of nitrogens with zero attached hydrogens (tertiary/aromatic N) is 1. The lowest BCUT2D eigenvalue weighted by molar-refractivity contribution is -0.150. The molecule has 1 aliphatic heterocycles. The van der Waals surface area contributed by atoms with E-state index in [1.54, 1.807) is 53.8 Å². The Labute approximate surface area is 120 Å². The Morgan fingerprint density at radius 2 is 1.60 bits per heavy atom. The third-order valence-electron chi connectivity index (χ3n) is 2.16. The van der Waals surface area contributed by atoms with Crippen LogP contribution >= 0.6 is 0 Å². The van der Waals surface area contributed by atoms with E-state index in [0.717, 1.165) is 0 Å². The number of ether oxygens (including phenoxy) is 2. The predicted octanol–water partition coefficient (Wildman–Crippen LogP) is 3.37. The highest BCUT2D eigenvalue weighted by molar-refractivity contribution is 5.90. The quantitative estimate of drug-likeness (QED) is 0.691. The maximum absolute atomic E-state index is 12.0. The molecule has 20 heavy (non-hydrogen) atoms. The van der Waals surface area contributed by atoms with Crippen molar-refractivity contribution < 1.29 is 19.1 Å². The third kappa shape index (κ3) is 5.47. The van der Waals surface area contributed by atoms with Crippen molar-refractivity contribution in [2.45, 2.75) is 59.2 Å². The summed E-state index contributed by atoms with van der Waals surface area (Å²) in [5.74, 6) is -0.421. The highest BCUT2D eigenvalue weighted by Gasteiger charge is 2.25. The SMILES string of the molecule is CC(C)(C)OC(=O)C1=CN(C(=O)OC(C)(C)C)C=CC1. The Morgan fingerprint density at radius 1 is 1.05 bits per heavy atom. The maximum atomic E-state index is 12.0. The monoisotopic (exact) mass is 281 g/mol. The average Bonchev–Trinajstić information content (AvgIpc) is 2.24. The molecule has 5 nitrogen and oxygen atoms in total. The molecule has 1 heterocycles. The van der Waals surface area contributed by atoms with Crippen molar-refractivity contribution in [3.8, 4) is 0 Å². The first-order valence-electron chi connectivity index (χ1n) is 6.60. The van der Waals surface area contributed by atoms with Gasteiger partial charge in [0.25, 0.3) is 0 Å². The minimum atomic E-state index is -0.581. The summed E-state index contributed by atoms with van der Waals surface area (Å²) >= 11 is 0. The Hall–Kier alpha value is -1.78. The molecule has 0 bridgehead atoms. The molecule has 0 atom stereocenters. The van der Waals surface area contributed by atoms with Crippen LogP contribution in [0.25, 0.3) is 0 Å². The van der Waals surface area contributed by atoms with Crippen LogP contribution in [0.2, 0.25) is 0 Å². The van der Waals surface area contributed by atoms with Gasteiger partial charge in [0.1, 0.15) is 11.2 Å². The molecule has 0 aliphatic carbocycles. The van der Waals surface area contributed by atoms with Crippen LogP contribution in [-0.2, 0) is 14.3 Å². The summed E-state index contributed by atoms with van der Waals surface area (Å²) in [6, 6.07) is 0. The molecule has 112 valence electrons. The van der Waals surface area contributed by atoms with Crippen molar-refractivity contribution in [3.63, 3.8) is 0 Å². The van der Waals surface area contributed by atoms with Gasteiger partial charge in [0.2, 0.25) is 0 Å². The summed E-state index contributed by atoms with van der Waals surface area (Å²) in [5, 5.41) is 0. The van der Waals surface area contributed by atoms with Crippen LogP contribution in [0.4, 0.5) is 4.79 Å². The smallest absolute Gasteiger partial charge is 0.418 e. The summed E-state index contributed by atoms with van der Waals surface area (Å²) < 4.78 is 10.5. The molecule has 5 heteroatoms. The van der Waals surface area contributed by atoms with Crippen molar-refractivity contribution in [1.29, 1.82) is 0 Å².